The Balaban J connectivity index is 1.72. The van der Waals surface area contributed by atoms with Crippen molar-refractivity contribution in [2.75, 3.05) is 18.5 Å². The normalized spacial score (nSPS) is 12.7. The molecule has 4 rings (SSSR count). The van der Waals surface area contributed by atoms with Gasteiger partial charge in [-0.1, -0.05) is 72.3 Å². The second-order valence-corrected chi connectivity index (χ2v) is 11.7. The molecule has 0 aromatic heterocycles. The van der Waals surface area contributed by atoms with Crippen molar-refractivity contribution in [2.45, 2.75) is 51.8 Å². The molecule has 0 saturated carbocycles. The van der Waals surface area contributed by atoms with Crippen molar-refractivity contribution in [1.82, 2.24) is 10.2 Å². The molecule has 44 heavy (non-hydrogen) atoms. The number of aromatic hydroxyl groups is 1. The highest BCUT2D eigenvalue weighted by molar-refractivity contribution is 6.00. The molecule has 0 aliphatic carbocycles. The number of nitrogens with zero attached hydrogens (tertiary/aromatic N) is 1. The minimum atomic E-state index is -1.15. The van der Waals surface area contributed by atoms with E-state index in [1.165, 1.54) is 17.0 Å². The lowest BCUT2D eigenvalue weighted by atomic mass is 9.99. The third-order valence-corrected chi connectivity index (χ3v) is 6.96. The maximum Gasteiger partial charge on any atom is 0.408 e. The van der Waals surface area contributed by atoms with Crippen molar-refractivity contribution >= 4 is 34.4 Å². The first-order valence-electron chi connectivity index (χ1n) is 14.5. The maximum absolute atomic E-state index is 14.3. The van der Waals surface area contributed by atoms with E-state index in [0.29, 0.717) is 16.8 Å². The first kappa shape index (κ1) is 32.0. The number of ether oxygens (including phenoxy) is 1. The summed E-state index contributed by atoms with van der Waals surface area (Å²) >= 11 is 0. The number of aliphatic hydroxyl groups is 1. The van der Waals surface area contributed by atoms with E-state index < -0.39 is 42.2 Å². The van der Waals surface area contributed by atoms with Crippen LogP contribution in [-0.4, -0.2) is 57.8 Å². The molecule has 2 atom stereocenters. The van der Waals surface area contributed by atoms with Gasteiger partial charge in [-0.15, -0.1) is 0 Å². The first-order chi connectivity index (χ1) is 20.9. The van der Waals surface area contributed by atoms with Crippen LogP contribution < -0.4 is 10.6 Å². The average Bonchev–Trinajstić information content (AvgIpc) is 2.97. The van der Waals surface area contributed by atoms with Crippen LogP contribution in [-0.2, 0) is 20.7 Å². The van der Waals surface area contributed by atoms with Gasteiger partial charge in [0.2, 0.25) is 5.91 Å². The molecule has 3 amide bonds. The molecule has 0 saturated heterocycles. The number of amides is 3. The number of alkyl carbamates (subject to hydrolysis) is 1. The van der Waals surface area contributed by atoms with Gasteiger partial charge in [-0.2, -0.15) is 0 Å². The molecule has 4 aromatic carbocycles. The quantitative estimate of drug-likeness (QED) is 0.191. The SMILES string of the molecule is Cc1ccc(C(C(=O)Nc2ccc3ccccc3c2)N(CCO)C(=O)C(Cc2ccc(O)cc2)NC(=O)OC(C)(C)C)cc1. The molecule has 0 aliphatic rings. The maximum atomic E-state index is 14.3. The summed E-state index contributed by atoms with van der Waals surface area (Å²) in [5.74, 6) is -1.01. The number of hydrogen-bond donors (Lipinski definition) is 4. The second-order valence-electron chi connectivity index (χ2n) is 11.7. The first-order valence-corrected chi connectivity index (χ1v) is 14.5. The van der Waals surface area contributed by atoms with Crippen LogP contribution in [0.15, 0.2) is 91.0 Å². The molecule has 0 radical (unpaired) electrons. The summed E-state index contributed by atoms with van der Waals surface area (Å²) in [6, 6.07) is 24.5. The summed E-state index contributed by atoms with van der Waals surface area (Å²) in [4.78, 5) is 42.6. The van der Waals surface area contributed by atoms with E-state index in [1.54, 1.807) is 51.1 Å². The Morgan fingerprint density at radius 3 is 2.18 bits per heavy atom. The molecule has 0 heterocycles. The minimum Gasteiger partial charge on any atom is -0.508 e. The Labute approximate surface area is 257 Å². The number of phenols is 1. The highest BCUT2D eigenvalue weighted by Gasteiger charge is 2.36. The van der Waals surface area contributed by atoms with Crippen LogP contribution in [0.25, 0.3) is 10.8 Å². The fraction of sp³-hybridized carbons (Fsp3) is 0.286. The van der Waals surface area contributed by atoms with Gasteiger partial charge in [0, 0.05) is 18.7 Å². The predicted octanol–water partition coefficient (Wildman–Crippen LogP) is 5.49. The van der Waals surface area contributed by atoms with Gasteiger partial charge in [0.05, 0.1) is 6.61 Å². The highest BCUT2D eigenvalue weighted by atomic mass is 16.6. The summed E-state index contributed by atoms with van der Waals surface area (Å²) < 4.78 is 5.45. The molecule has 0 fully saturated rings. The van der Waals surface area contributed by atoms with E-state index in [2.05, 4.69) is 10.6 Å². The summed E-state index contributed by atoms with van der Waals surface area (Å²) in [5, 5.41) is 27.4. The molecule has 9 nitrogen and oxygen atoms in total. The van der Waals surface area contributed by atoms with Gasteiger partial charge < -0.3 is 30.5 Å². The van der Waals surface area contributed by atoms with Crippen molar-refractivity contribution < 1.29 is 29.3 Å². The van der Waals surface area contributed by atoms with Gasteiger partial charge in [-0.05, 0) is 73.9 Å². The number of carbonyl (C=O) groups excluding carboxylic acids is 3. The number of carbonyl (C=O) groups is 3. The zero-order valence-corrected chi connectivity index (χ0v) is 25.4. The Bertz CT molecular complexity index is 1600. The monoisotopic (exact) mass is 597 g/mol. The standard InChI is InChI=1S/C35H39N3O6/c1-23-9-13-26(14-10-23)31(32(41)36-28-16-15-25-7-5-6-8-27(25)22-28)38(19-20-39)33(42)30(37-34(43)44-35(2,3)4)21-24-11-17-29(40)18-12-24/h5-18,22,30-31,39-40H,19-21H2,1-4H3,(H,36,41)(H,37,43). The average molecular weight is 598 g/mol. The molecule has 0 aliphatic heterocycles. The van der Waals surface area contributed by atoms with E-state index in [9.17, 15) is 24.6 Å². The molecular weight excluding hydrogens is 558 g/mol. The van der Waals surface area contributed by atoms with Gasteiger partial charge >= 0.3 is 6.09 Å². The highest BCUT2D eigenvalue weighted by Crippen LogP contribution is 2.27. The summed E-state index contributed by atoms with van der Waals surface area (Å²) in [7, 11) is 0. The van der Waals surface area contributed by atoms with Crippen molar-refractivity contribution in [3.63, 3.8) is 0 Å². The summed E-state index contributed by atoms with van der Waals surface area (Å²) in [5.41, 5.74) is 1.91. The molecular formula is C35H39N3O6. The van der Waals surface area contributed by atoms with Gasteiger partial charge in [-0.3, -0.25) is 9.59 Å². The van der Waals surface area contributed by atoms with Crippen LogP contribution in [0, 0.1) is 6.92 Å². The second kappa shape index (κ2) is 14.1. The third kappa shape index (κ3) is 8.58. The van der Waals surface area contributed by atoms with E-state index in [-0.39, 0.29) is 18.7 Å². The largest absolute Gasteiger partial charge is 0.508 e. The van der Waals surface area contributed by atoms with Crippen molar-refractivity contribution in [1.29, 1.82) is 0 Å². The fourth-order valence-electron chi connectivity index (χ4n) is 4.89. The molecule has 230 valence electrons. The smallest absolute Gasteiger partial charge is 0.408 e. The number of rotatable bonds is 10. The van der Waals surface area contributed by atoms with Gasteiger partial charge in [0.1, 0.15) is 23.4 Å². The lowest BCUT2D eigenvalue weighted by Crippen LogP contribution is -2.53. The topological polar surface area (TPSA) is 128 Å². The number of benzene rings is 4. The molecule has 4 N–H and O–H groups in total. The van der Waals surface area contributed by atoms with E-state index >= 15 is 0 Å². The predicted molar refractivity (Wildman–Crippen MR) is 170 cm³/mol. The summed E-state index contributed by atoms with van der Waals surface area (Å²) in [6.45, 7) is 6.47. The molecule has 4 aromatic rings. The Morgan fingerprint density at radius 2 is 1.55 bits per heavy atom. The molecule has 0 spiro atoms. The molecule has 9 heteroatoms. The summed E-state index contributed by atoms with van der Waals surface area (Å²) in [6.07, 6.45) is -0.751. The van der Waals surface area contributed by atoms with Crippen LogP contribution in [0.1, 0.15) is 43.5 Å². The number of fused-ring (bicyclic) bond motifs is 1. The molecule has 0 bridgehead atoms. The van der Waals surface area contributed by atoms with Crippen LogP contribution in [0.4, 0.5) is 10.5 Å². The Kier molecular flexibility index (Phi) is 10.2. The lowest BCUT2D eigenvalue weighted by molar-refractivity contribution is -0.141. The minimum absolute atomic E-state index is 0.0488. The van der Waals surface area contributed by atoms with Crippen LogP contribution >= 0.6 is 0 Å². The fourth-order valence-corrected chi connectivity index (χ4v) is 4.89. The Morgan fingerprint density at radius 1 is 0.886 bits per heavy atom. The van der Waals surface area contributed by atoms with Gasteiger partial charge in [0.15, 0.2) is 0 Å². The van der Waals surface area contributed by atoms with Crippen LogP contribution in [0.5, 0.6) is 5.75 Å². The van der Waals surface area contributed by atoms with E-state index in [1.807, 2.05) is 55.5 Å². The van der Waals surface area contributed by atoms with Crippen LogP contribution in [0.3, 0.4) is 0 Å². The Hall–Kier alpha value is -4.89. The zero-order valence-electron chi connectivity index (χ0n) is 25.4. The number of aryl methyl sites for hydroxylation is 1. The lowest BCUT2D eigenvalue weighted by Gasteiger charge is -2.34. The number of hydrogen-bond acceptors (Lipinski definition) is 6. The molecule has 2 unspecified atom stereocenters. The van der Waals surface area contributed by atoms with Gasteiger partial charge in [0.25, 0.3) is 5.91 Å². The number of aliphatic hydroxyl groups excluding tert-OH is 1. The van der Waals surface area contributed by atoms with Crippen LogP contribution in [0.2, 0.25) is 0 Å². The van der Waals surface area contributed by atoms with Crippen molar-refractivity contribution in [3.05, 3.63) is 108 Å². The zero-order chi connectivity index (χ0) is 31.9. The number of anilines is 1. The number of phenolic OH excluding ortho intramolecular Hbond substituents is 1. The third-order valence-electron chi connectivity index (χ3n) is 6.96. The van der Waals surface area contributed by atoms with E-state index in [4.69, 9.17) is 4.74 Å². The van der Waals surface area contributed by atoms with E-state index in [0.717, 1.165) is 16.3 Å². The number of nitrogens with one attached hydrogen (secondary N) is 2. The van der Waals surface area contributed by atoms with Gasteiger partial charge in [-0.25, -0.2) is 4.79 Å². The van der Waals surface area contributed by atoms with Crippen molar-refractivity contribution in [2.24, 2.45) is 0 Å². The van der Waals surface area contributed by atoms with Crippen molar-refractivity contribution in [3.8, 4) is 5.75 Å².